The number of thiophene rings is 2. The van der Waals surface area contributed by atoms with Crippen molar-refractivity contribution in [3.63, 3.8) is 0 Å². The quantitative estimate of drug-likeness (QED) is 0.478. The molecule has 2 aromatic heterocycles. The average Bonchev–Trinajstić information content (AvgIpc) is 2.72. The highest BCUT2D eigenvalue weighted by molar-refractivity contribution is 9.13. The van der Waals surface area contributed by atoms with E-state index in [1.54, 1.807) is 22.7 Å². The number of aryl methyl sites for hydroxylation is 1. The van der Waals surface area contributed by atoms with Crippen LogP contribution in [0.3, 0.4) is 0 Å². The monoisotopic (exact) mass is 418 g/mol. The molecule has 86 valence electrons. The van der Waals surface area contributed by atoms with E-state index in [9.17, 15) is 0 Å². The van der Waals surface area contributed by atoms with Gasteiger partial charge in [-0.15, -0.1) is 34.3 Å². The number of rotatable bonds is 2. The lowest BCUT2D eigenvalue weighted by atomic mass is 10.2. The summed E-state index contributed by atoms with van der Waals surface area (Å²) in [5.74, 6) is 0. The summed E-state index contributed by atoms with van der Waals surface area (Å²) in [6.07, 6.45) is 0. The Morgan fingerprint density at radius 2 is 1.81 bits per heavy atom. The minimum absolute atomic E-state index is 0.121. The lowest BCUT2D eigenvalue weighted by Crippen LogP contribution is -1.84. The fourth-order valence-corrected chi connectivity index (χ4v) is 5.01. The summed E-state index contributed by atoms with van der Waals surface area (Å²) in [6, 6.07) is 4.08. The standard InChI is InChI=1S/C10H6Br2Cl2S2/c1-4-2-6(16-10(4)14)8(13)7-3-5(11)9(12)15-7/h2-3,8H,1H3. The summed E-state index contributed by atoms with van der Waals surface area (Å²) in [5.41, 5.74) is 1.09. The second-order valence-corrected chi connectivity index (χ2v) is 8.62. The van der Waals surface area contributed by atoms with Crippen LogP contribution in [0.15, 0.2) is 20.4 Å². The van der Waals surface area contributed by atoms with E-state index in [2.05, 4.69) is 31.9 Å². The third-order valence-corrected chi connectivity index (χ3v) is 7.71. The molecule has 16 heavy (non-hydrogen) atoms. The van der Waals surface area contributed by atoms with Crippen LogP contribution in [0.4, 0.5) is 0 Å². The molecule has 0 saturated carbocycles. The van der Waals surface area contributed by atoms with Gasteiger partial charge in [-0.05, 0) is 56.5 Å². The van der Waals surface area contributed by atoms with Gasteiger partial charge in [0.25, 0.3) is 0 Å². The molecule has 6 heteroatoms. The van der Waals surface area contributed by atoms with E-state index in [0.29, 0.717) is 0 Å². The molecule has 0 nitrogen and oxygen atoms in total. The second-order valence-electron chi connectivity index (χ2n) is 3.24. The van der Waals surface area contributed by atoms with E-state index in [4.69, 9.17) is 23.2 Å². The van der Waals surface area contributed by atoms with Gasteiger partial charge in [0.15, 0.2) is 0 Å². The van der Waals surface area contributed by atoms with Crippen molar-refractivity contribution in [2.75, 3.05) is 0 Å². The molecule has 0 radical (unpaired) electrons. The summed E-state index contributed by atoms with van der Waals surface area (Å²) < 4.78 is 2.92. The molecule has 2 rings (SSSR count). The predicted octanol–water partition coefficient (Wildman–Crippen LogP) is 6.62. The highest BCUT2D eigenvalue weighted by atomic mass is 79.9. The van der Waals surface area contributed by atoms with E-state index in [1.807, 2.05) is 19.1 Å². The molecule has 0 aromatic carbocycles. The van der Waals surface area contributed by atoms with E-state index in [-0.39, 0.29) is 5.38 Å². The Morgan fingerprint density at radius 1 is 1.19 bits per heavy atom. The summed E-state index contributed by atoms with van der Waals surface area (Å²) in [4.78, 5) is 2.20. The molecule has 1 atom stereocenters. The van der Waals surface area contributed by atoms with Crippen LogP contribution in [0.25, 0.3) is 0 Å². The van der Waals surface area contributed by atoms with Gasteiger partial charge in [0.2, 0.25) is 0 Å². The molecule has 0 aliphatic rings. The number of hydrogen-bond donors (Lipinski definition) is 0. The average molecular weight is 421 g/mol. The Balaban J connectivity index is 2.34. The summed E-state index contributed by atoms with van der Waals surface area (Å²) in [5, 5.41) is -0.121. The van der Waals surface area contributed by atoms with E-state index in [0.717, 1.165) is 27.9 Å². The molecule has 0 bridgehead atoms. The molecule has 0 amide bonds. The zero-order chi connectivity index (χ0) is 11.9. The third kappa shape index (κ3) is 2.68. The Kier molecular flexibility index (Phi) is 4.42. The van der Waals surface area contributed by atoms with Crippen LogP contribution in [0, 0.1) is 6.92 Å². The summed E-state index contributed by atoms with van der Waals surface area (Å²) in [6.45, 7) is 1.99. The largest absolute Gasteiger partial charge is 0.130 e. The van der Waals surface area contributed by atoms with E-state index >= 15 is 0 Å². The van der Waals surface area contributed by atoms with Gasteiger partial charge < -0.3 is 0 Å². The Bertz CT molecular complexity index is 434. The van der Waals surface area contributed by atoms with Crippen molar-refractivity contribution in [1.29, 1.82) is 0 Å². The molecule has 2 heterocycles. The first kappa shape index (κ1) is 13.4. The first-order chi connectivity index (χ1) is 7.49. The van der Waals surface area contributed by atoms with E-state index < -0.39 is 0 Å². The van der Waals surface area contributed by atoms with Gasteiger partial charge in [-0.3, -0.25) is 0 Å². The zero-order valence-corrected chi connectivity index (χ0v) is 14.4. The highest BCUT2D eigenvalue weighted by Gasteiger charge is 2.18. The van der Waals surface area contributed by atoms with Crippen LogP contribution < -0.4 is 0 Å². The number of hydrogen-bond acceptors (Lipinski definition) is 2. The van der Waals surface area contributed by atoms with E-state index in [1.165, 1.54) is 0 Å². The first-order valence-electron chi connectivity index (χ1n) is 4.33. The molecular formula is C10H6Br2Cl2S2. The minimum atomic E-state index is -0.121. The molecule has 0 aliphatic heterocycles. The van der Waals surface area contributed by atoms with Crippen LogP contribution in [-0.2, 0) is 0 Å². The summed E-state index contributed by atoms with van der Waals surface area (Å²) >= 11 is 22.6. The van der Waals surface area contributed by atoms with Crippen molar-refractivity contribution in [2.24, 2.45) is 0 Å². The maximum absolute atomic E-state index is 6.42. The van der Waals surface area contributed by atoms with Crippen LogP contribution in [0.1, 0.15) is 20.7 Å². The fourth-order valence-electron chi connectivity index (χ4n) is 1.24. The SMILES string of the molecule is Cc1cc(C(Cl)c2cc(Br)c(Br)s2)sc1Cl. The van der Waals surface area contributed by atoms with Crippen LogP contribution in [0.5, 0.6) is 0 Å². The summed E-state index contributed by atoms with van der Waals surface area (Å²) in [7, 11) is 0. The molecular weight excluding hydrogens is 415 g/mol. The van der Waals surface area contributed by atoms with Crippen molar-refractivity contribution in [3.8, 4) is 0 Å². The fraction of sp³-hybridized carbons (Fsp3) is 0.200. The second kappa shape index (κ2) is 5.29. The van der Waals surface area contributed by atoms with Crippen molar-refractivity contribution in [3.05, 3.63) is 40.0 Å². The van der Waals surface area contributed by atoms with Crippen molar-refractivity contribution in [2.45, 2.75) is 12.3 Å². The highest BCUT2D eigenvalue weighted by Crippen LogP contribution is 2.43. The molecule has 0 spiro atoms. The molecule has 1 unspecified atom stereocenters. The molecule has 2 aromatic rings. The lowest BCUT2D eigenvalue weighted by molar-refractivity contribution is 1.23. The van der Waals surface area contributed by atoms with Gasteiger partial charge in [0, 0.05) is 14.2 Å². The smallest absolute Gasteiger partial charge is 0.102 e. The number of alkyl halides is 1. The molecule has 0 N–H and O–H groups in total. The van der Waals surface area contributed by atoms with Gasteiger partial charge in [-0.25, -0.2) is 0 Å². The van der Waals surface area contributed by atoms with Gasteiger partial charge in [-0.2, -0.15) is 0 Å². The van der Waals surface area contributed by atoms with Crippen LogP contribution >= 0.6 is 77.7 Å². The zero-order valence-electron chi connectivity index (χ0n) is 8.06. The van der Waals surface area contributed by atoms with Crippen molar-refractivity contribution in [1.82, 2.24) is 0 Å². The molecule has 0 aliphatic carbocycles. The predicted molar refractivity (Wildman–Crippen MR) is 81.5 cm³/mol. The topological polar surface area (TPSA) is 0 Å². The Labute approximate surface area is 129 Å². The normalized spacial score (nSPS) is 13.1. The molecule has 0 saturated heterocycles. The van der Waals surface area contributed by atoms with Gasteiger partial charge in [0.1, 0.15) is 5.38 Å². The maximum atomic E-state index is 6.42. The minimum Gasteiger partial charge on any atom is -0.130 e. The Hall–Kier alpha value is 0.940. The first-order valence-corrected chi connectivity index (χ1v) is 8.37. The van der Waals surface area contributed by atoms with Gasteiger partial charge in [0.05, 0.1) is 8.12 Å². The Morgan fingerprint density at radius 3 is 2.25 bits per heavy atom. The van der Waals surface area contributed by atoms with Crippen molar-refractivity contribution < 1.29 is 0 Å². The van der Waals surface area contributed by atoms with Gasteiger partial charge >= 0.3 is 0 Å². The van der Waals surface area contributed by atoms with Crippen LogP contribution in [0.2, 0.25) is 4.34 Å². The number of halogens is 4. The van der Waals surface area contributed by atoms with Crippen LogP contribution in [-0.4, -0.2) is 0 Å². The molecule has 0 fully saturated rings. The van der Waals surface area contributed by atoms with Crippen molar-refractivity contribution >= 4 is 77.7 Å². The third-order valence-electron chi connectivity index (χ3n) is 2.04. The lowest BCUT2D eigenvalue weighted by Gasteiger charge is -2.02. The van der Waals surface area contributed by atoms with Gasteiger partial charge in [-0.1, -0.05) is 11.6 Å². The maximum Gasteiger partial charge on any atom is 0.102 e.